The number of nitrogens with two attached hydrogens (primary N) is 1. The smallest absolute Gasteiger partial charge is 0.255 e. The number of nitrogens with one attached hydrogen (secondary N) is 1. The Morgan fingerprint density at radius 2 is 2.07 bits per heavy atom. The maximum absolute atomic E-state index is 14.4. The van der Waals surface area contributed by atoms with Crippen molar-refractivity contribution in [2.45, 2.75) is 18.6 Å². The fourth-order valence-electron chi connectivity index (χ4n) is 3.12. The quantitative estimate of drug-likeness (QED) is 0.672. The van der Waals surface area contributed by atoms with E-state index in [1.807, 2.05) is 0 Å². The van der Waals surface area contributed by atoms with Crippen LogP contribution in [-0.4, -0.2) is 51.6 Å². The average molecular weight is 374 g/mol. The molecule has 1 aliphatic rings. The minimum atomic E-state index is -0.740. The molecule has 1 aliphatic heterocycles. The standard InChI is InChI=1S/C18H19FN4O4/c19-13-7-11(23-6-2-1-3-17(23)26)4-5-14(13)21-16(25)10-22-9-12(24)8-15(22)18(20)27/h1-7,12,15,24H,8-10H2,(H2,20,27)(H,21,25)/t12-,15?/m0/s1. The lowest BCUT2D eigenvalue weighted by Crippen LogP contribution is -2.44. The van der Waals surface area contributed by atoms with Gasteiger partial charge in [0.25, 0.3) is 5.56 Å². The Balaban J connectivity index is 1.71. The predicted octanol–water partition coefficient (Wildman–Crippen LogP) is -0.164. The van der Waals surface area contributed by atoms with Crippen molar-refractivity contribution in [1.82, 2.24) is 9.47 Å². The van der Waals surface area contributed by atoms with E-state index in [4.69, 9.17) is 5.73 Å². The largest absolute Gasteiger partial charge is 0.392 e. The first-order valence-corrected chi connectivity index (χ1v) is 8.34. The minimum Gasteiger partial charge on any atom is -0.392 e. The van der Waals surface area contributed by atoms with Gasteiger partial charge in [-0.15, -0.1) is 0 Å². The van der Waals surface area contributed by atoms with E-state index in [0.29, 0.717) is 5.69 Å². The van der Waals surface area contributed by atoms with Gasteiger partial charge < -0.3 is 16.2 Å². The van der Waals surface area contributed by atoms with Crippen LogP contribution in [0.2, 0.25) is 0 Å². The third-order valence-electron chi connectivity index (χ3n) is 4.38. The Bertz CT molecular complexity index is 930. The Morgan fingerprint density at radius 1 is 1.30 bits per heavy atom. The van der Waals surface area contributed by atoms with Crippen LogP contribution in [0.1, 0.15) is 6.42 Å². The maximum atomic E-state index is 14.4. The number of aromatic nitrogens is 1. The van der Waals surface area contributed by atoms with E-state index in [0.717, 1.165) is 6.07 Å². The van der Waals surface area contributed by atoms with Crippen LogP contribution in [0, 0.1) is 5.82 Å². The number of anilines is 1. The molecule has 1 unspecified atom stereocenters. The van der Waals surface area contributed by atoms with Crippen LogP contribution < -0.4 is 16.6 Å². The summed E-state index contributed by atoms with van der Waals surface area (Å²) in [7, 11) is 0. The predicted molar refractivity (Wildman–Crippen MR) is 95.8 cm³/mol. The topological polar surface area (TPSA) is 118 Å². The number of amides is 2. The molecule has 3 rings (SSSR count). The highest BCUT2D eigenvalue weighted by atomic mass is 19.1. The van der Waals surface area contributed by atoms with Gasteiger partial charge in [-0.3, -0.25) is 23.9 Å². The number of carbonyl (C=O) groups is 2. The highest BCUT2D eigenvalue weighted by molar-refractivity contribution is 5.93. The number of aliphatic hydroxyl groups excluding tert-OH is 1. The fourth-order valence-corrected chi connectivity index (χ4v) is 3.12. The van der Waals surface area contributed by atoms with E-state index in [1.54, 1.807) is 12.1 Å². The van der Waals surface area contributed by atoms with E-state index < -0.39 is 29.8 Å². The first kappa shape index (κ1) is 18.7. The highest BCUT2D eigenvalue weighted by Crippen LogP contribution is 2.20. The molecule has 1 saturated heterocycles. The molecule has 0 spiro atoms. The summed E-state index contributed by atoms with van der Waals surface area (Å²) >= 11 is 0. The van der Waals surface area contributed by atoms with Gasteiger partial charge >= 0.3 is 0 Å². The SMILES string of the molecule is NC(=O)C1C[C@H](O)CN1CC(=O)Nc1ccc(-n2ccccc2=O)cc1F. The number of aliphatic hydroxyl groups is 1. The number of hydrogen-bond acceptors (Lipinski definition) is 5. The summed E-state index contributed by atoms with van der Waals surface area (Å²) in [5, 5.41) is 12.1. The summed E-state index contributed by atoms with van der Waals surface area (Å²) in [6.45, 7) is -0.0661. The van der Waals surface area contributed by atoms with E-state index >= 15 is 0 Å². The zero-order chi connectivity index (χ0) is 19.6. The molecule has 2 heterocycles. The normalized spacial score (nSPS) is 19.8. The van der Waals surface area contributed by atoms with Gasteiger partial charge in [0.2, 0.25) is 11.8 Å². The van der Waals surface area contributed by atoms with E-state index in [9.17, 15) is 23.9 Å². The lowest BCUT2D eigenvalue weighted by Gasteiger charge is -2.20. The minimum absolute atomic E-state index is 0.0527. The number of primary amides is 1. The van der Waals surface area contributed by atoms with Crippen molar-refractivity contribution in [3.63, 3.8) is 0 Å². The first-order valence-electron chi connectivity index (χ1n) is 8.34. The molecule has 0 aliphatic carbocycles. The zero-order valence-corrected chi connectivity index (χ0v) is 14.3. The molecule has 4 N–H and O–H groups in total. The second-order valence-corrected chi connectivity index (χ2v) is 6.36. The number of carbonyl (C=O) groups excluding carboxylic acids is 2. The second kappa shape index (κ2) is 7.68. The molecule has 2 amide bonds. The van der Waals surface area contributed by atoms with Gasteiger partial charge in [-0.1, -0.05) is 6.07 Å². The fraction of sp³-hybridized carbons (Fsp3) is 0.278. The molecule has 142 valence electrons. The molecule has 0 radical (unpaired) electrons. The third kappa shape index (κ3) is 4.21. The lowest BCUT2D eigenvalue weighted by molar-refractivity contribution is -0.123. The van der Waals surface area contributed by atoms with Crippen LogP contribution >= 0.6 is 0 Å². The first-order chi connectivity index (χ1) is 12.8. The van der Waals surface area contributed by atoms with Crippen LogP contribution in [0.5, 0.6) is 0 Å². The molecule has 27 heavy (non-hydrogen) atoms. The van der Waals surface area contributed by atoms with Crippen LogP contribution in [0.4, 0.5) is 10.1 Å². The van der Waals surface area contributed by atoms with Crippen molar-refractivity contribution in [3.8, 4) is 5.69 Å². The van der Waals surface area contributed by atoms with Crippen LogP contribution in [-0.2, 0) is 9.59 Å². The summed E-state index contributed by atoms with van der Waals surface area (Å²) in [6, 6.07) is 7.85. The molecule has 1 aromatic carbocycles. The summed E-state index contributed by atoms with van der Waals surface area (Å²) in [4.78, 5) is 36.9. The molecular formula is C18H19FN4O4. The molecule has 9 heteroatoms. The van der Waals surface area contributed by atoms with Gasteiger partial charge in [-0.05, 0) is 24.6 Å². The van der Waals surface area contributed by atoms with Gasteiger partial charge in [-0.2, -0.15) is 0 Å². The highest BCUT2D eigenvalue weighted by Gasteiger charge is 2.35. The second-order valence-electron chi connectivity index (χ2n) is 6.36. The number of rotatable bonds is 5. The molecule has 2 atom stereocenters. The van der Waals surface area contributed by atoms with Gasteiger partial charge in [0.15, 0.2) is 0 Å². The molecule has 8 nitrogen and oxygen atoms in total. The van der Waals surface area contributed by atoms with Gasteiger partial charge in [0, 0.05) is 24.9 Å². The molecule has 0 bridgehead atoms. The van der Waals surface area contributed by atoms with Crippen molar-refractivity contribution in [2.75, 3.05) is 18.4 Å². The summed E-state index contributed by atoms with van der Waals surface area (Å²) < 4.78 is 15.6. The van der Waals surface area contributed by atoms with E-state index in [1.165, 1.54) is 33.9 Å². The number of hydrogen-bond donors (Lipinski definition) is 3. The van der Waals surface area contributed by atoms with Crippen molar-refractivity contribution >= 4 is 17.5 Å². The number of likely N-dealkylation sites (tertiary alicyclic amines) is 1. The van der Waals surface area contributed by atoms with E-state index in [-0.39, 0.29) is 30.8 Å². The molecular weight excluding hydrogens is 355 g/mol. The Hall–Kier alpha value is -3.04. The maximum Gasteiger partial charge on any atom is 0.255 e. The Labute approximate surface area is 154 Å². The van der Waals surface area contributed by atoms with Crippen molar-refractivity contribution in [3.05, 3.63) is 58.8 Å². The monoisotopic (exact) mass is 374 g/mol. The number of benzene rings is 1. The summed E-state index contributed by atoms with van der Waals surface area (Å²) in [6.07, 6.45) is 0.936. The molecule has 1 fully saturated rings. The van der Waals surface area contributed by atoms with Crippen LogP contribution in [0.3, 0.4) is 0 Å². The Morgan fingerprint density at radius 3 is 2.74 bits per heavy atom. The molecule has 0 saturated carbocycles. The van der Waals surface area contributed by atoms with Crippen LogP contribution in [0.25, 0.3) is 5.69 Å². The summed E-state index contributed by atoms with van der Waals surface area (Å²) in [5.74, 6) is -1.87. The number of pyridine rings is 1. The Kier molecular flexibility index (Phi) is 5.33. The van der Waals surface area contributed by atoms with Gasteiger partial charge in [-0.25, -0.2) is 4.39 Å². The average Bonchev–Trinajstić information content (AvgIpc) is 2.97. The van der Waals surface area contributed by atoms with Crippen molar-refractivity contribution in [2.24, 2.45) is 5.73 Å². The third-order valence-corrected chi connectivity index (χ3v) is 4.38. The van der Waals surface area contributed by atoms with Crippen molar-refractivity contribution < 1.29 is 19.1 Å². The number of nitrogens with zero attached hydrogens (tertiary/aromatic N) is 2. The van der Waals surface area contributed by atoms with Gasteiger partial charge in [0.1, 0.15) is 5.82 Å². The number of β-amino-alcohol motifs (C(OH)–C–C–N with tert-alkyl or cyclic N) is 1. The lowest BCUT2D eigenvalue weighted by atomic mass is 10.2. The zero-order valence-electron chi connectivity index (χ0n) is 14.3. The number of halogens is 1. The molecule has 2 aromatic rings. The van der Waals surface area contributed by atoms with E-state index in [2.05, 4.69) is 5.32 Å². The van der Waals surface area contributed by atoms with Crippen molar-refractivity contribution in [1.29, 1.82) is 0 Å². The molecule has 1 aromatic heterocycles. The van der Waals surface area contributed by atoms with Gasteiger partial charge in [0.05, 0.1) is 30.1 Å². The summed E-state index contributed by atoms with van der Waals surface area (Å²) in [5.41, 5.74) is 5.24. The van der Waals surface area contributed by atoms with Crippen LogP contribution in [0.15, 0.2) is 47.4 Å².